The molecule has 2 heterocycles. The molecule has 0 N–H and O–H groups in total. The van der Waals surface area contributed by atoms with Gasteiger partial charge in [-0.3, -0.25) is 0 Å². The highest BCUT2D eigenvalue weighted by atomic mass is 32.1. The number of anilines is 1. The predicted octanol–water partition coefficient (Wildman–Crippen LogP) is 5.12. The van der Waals surface area contributed by atoms with E-state index in [2.05, 4.69) is 58.7 Å². The molecule has 0 radical (unpaired) electrons. The Labute approximate surface area is 157 Å². The first-order valence-electron chi connectivity index (χ1n) is 8.64. The van der Waals surface area contributed by atoms with Crippen LogP contribution >= 0.6 is 11.3 Å². The monoisotopic (exact) mass is 363 g/mol. The number of aryl methyl sites for hydroxylation is 2. The van der Waals surface area contributed by atoms with E-state index >= 15 is 0 Å². The maximum absolute atomic E-state index is 5.27. The minimum Gasteiger partial charge on any atom is -0.497 e. The molecular weight excluding hydrogens is 342 g/mol. The van der Waals surface area contributed by atoms with E-state index in [1.54, 1.807) is 18.4 Å². The number of ether oxygens (including phenoxy) is 1. The van der Waals surface area contributed by atoms with Crippen LogP contribution < -0.4 is 9.75 Å². The molecule has 1 aliphatic heterocycles. The van der Waals surface area contributed by atoms with Crippen molar-refractivity contribution in [3.05, 3.63) is 76.3 Å². The molecule has 0 aliphatic carbocycles. The first-order chi connectivity index (χ1) is 12.6. The smallest absolute Gasteiger partial charge is 0.206 e. The third kappa shape index (κ3) is 3.22. The second kappa shape index (κ2) is 6.92. The van der Waals surface area contributed by atoms with E-state index in [1.165, 1.54) is 11.1 Å². The Morgan fingerprint density at radius 1 is 1.12 bits per heavy atom. The summed E-state index contributed by atoms with van der Waals surface area (Å²) in [5.74, 6) is 0.856. The molecule has 4 nitrogen and oxygen atoms in total. The van der Waals surface area contributed by atoms with Crippen LogP contribution in [0.5, 0.6) is 5.75 Å². The highest BCUT2D eigenvalue weighted by molar-refractivity contribution is 7.13. The van der Waals surface area contributed by atoms with Crippen LogP contribution in [0.2, 0.25) is 0 Å². The summed E-state index contributed by atoms with van der Waals surface area (Å²) < 4.78 is 5.27. The summed E-state index contributed by atoms with van der Waals surface area (Å²) in [6.07, 6.45) is 0.856. The third-order valence-corrected chi connectivity index (χ3v) is 5.51. The molecule has 5 heteroatoms. The van der Waals surface area contributed by atoms with Crippen LogP contribution in [-0.4, -0.2) is 17.8 Å². The van der Waals surface area contributed by atoms with Crippen LogP contribution in [0.1, 0.15) is 34.8 Å². The molecule has 1 atom stereocenters. The van der Waals surface area contributed by atoms with E-state index in [4.69, 9.17) is 9.84 Å². The number of methoxy groups -OCH3 is 1. The molecule has 0 bridgehead atoms. The fraction of sp³-hybridized carbons (Fsp3) is 0.238. The zero-order valence-electron chi connectivity index (χ0n) is 15.1. The summed E-state index contributed by atoms with van der Waals surface area (Å²) in [6.45, 7) is 4.15. The topological polar surface area (TPSA) is 37.7 Å². The second-order valence-corrected chi connectivity index (χ2v) is 7.36. The first-order valence-corrected chi connectivity index (χ1v) is 9.52. The van der Waals surface area contributed by atoms with E-state index in [9.17, 15) is 0 Å². The lowest BCUT2D eigenvalue weighted by Gasteiger charge is -2.21. The minimum absolute atomic E-state index is 0.164. The Bertz CT molecular complexity index is 946. The summed E-state index contributed by atoms with van der Waals surface area (Å²) >= 11 is 1.64. The zero-order chi connectivity index (χ0) is 18.1. The number of hydrogen-bond acceptors (Lipinski definition) is 5. The highest BCUT2D eigenvalue weighted by Crippen LogP contribution is 2.38. The first kappa shape index (κ1) is 16.8. The highest BCUT2D eigenvalue weighted by Gasteiger charge is 2.31. The Kier molecular flexibility index (Phi) is 4.47. The Morgan fingerprint density at radius 2 is 1.92 bits per heavy atom. The molecule has 0 spiro atoms. The summed E-state index contributed by atoms with van der Waals surface area (Å²) in [4.78, 5) is 4.66. The number of nitrogens with zero attached hydrogens (tertiary/aromatic N) is 3. The van der Waals surface area contributed by atoms with Gasteiger partial charge in [-0.2, -0.15) is 5.10 Å². The SMILES string of the molecule is COc1ccc(C2=NN(c3nc(C)cs3)C(c3cccc(C)c3)C2)cc1. The molecule has 1 unspecified atom stereocenters. The fourth-order valence-electron chi connectivity index (χ4n) is 3.23. The van der Waals surface area contributed by atoms with Crippen molar-refractivity contribution in [3.63, 3.8) is 0 Å². The van der Waals surface area contributed by atoms with Gasteiger partial charge in [0.25, 0.3) is 0 Å². The molecule has 2 aromatic carbocycles. The van der Waals surface area contributed by atoms with E-state index < -0.39 is 0 Å². The van der Waals surface area contributed by atoms with Gasteiger partial charge in [-0.05, 0) is 49.2 Å². The average molecular weight is 363 g/mol. The number of thiazole rings is 1. The molecule has 1 aromatic heterocycles. The maximum Gasteiger partial charge on any atom is 0.206 e. The quantitative estimate of drug-likeness (QED) is 0.645. The van der Waals surface area contributed by atoms with Gasteiger partial charge in [0.1, 0.15) is 5.75 Å². The van der Waals surface area contributed by atoms with Gasteiger partial charge in [-0.1, -0.05) is 29.8 Å². The molecule has 132 valence electrons. The molecule has 0 amide bonds. The van der Waals surface area contributed by atoms with Crippen molar-refractivity contribution in [2.24, 2.45) is 5.10 Å². The van der Waals surface area contributed by atoms with Gasteiger partial charge >= 0.3 is 0 Å². The van der Waals surface area contributed by atoms with Crippen molar-refractivity contribution in [3.8, 4) is 5.75 Å². The lowest BCUT2D eigenvalue weighted by Crippen LogP contribution is -2.18. The maximum atomic E-state index is 5.27. The second-order valence-electron chi connectivity index (χ2n) is 6.53. The van der Waals surface area contributed by atoms with Gasteiger partial charge in [-0.15, -0.1) is 11.3 Å². The van der Waals surface area contributed by atoms with Gasteiger partial charge in [0.05, 0.1) is 24.6 Å². The summed E-state index contributed by atoms with van der Waals surface area (Å²) in [5.41, 5.74) is 5.76. The van der Waals surface area contributed by atoms with Crippen LogP contribution in [0.4, 0.5) is 5.13 Å². The Hall–Kier alpha value is -2.66. The standard InChI is InChI=1S/C21H21N3OS/c1-14-5-4-6-17(11-14)20-12-19(16-7-9-18(25-3)10-8-16)23-24(20)21-22-15(2)13-26-21/h4-11,13,20H,12H2,1-3H3. The molecule has 0 fully saturated rings. The molecule has 0 saturated carbocycles. The largest absolute Gasteiger partial charge is 0.497 e. The van der Waals surface area contributed by atoms with Gasteiger partial charge in [0.15, 0.2) is 0 Å². The summed E-state index contributed by atoms with van der Waals surface area (Å²) in [5, 5.41) is 10.0. The van der Waals surface area contributed by atoms with Gasteiger partial charge in [-0.25, -0.2) is 9.99 Å². The summed E-state index contributed by atoms with van der Waals surface area (Å²) in [6, 6.07) is 16.9. The van der Waals surface area contributed by atoms with E-state index in [0.29, 0.717) is 0 Å². The minimum atomic E-state index is 0.164. The van der Waals surface area contributed by atoms with Crippen molar-refractivity contribution in [2.45, 2.75) is 26.3 Å². The molecule has 0 saturated heterocycles. The van der Waals surface area contributed by atoms with Crippen molar-refractivity contribution >= 4 is 22.2 Å². The summed E-state index contributed by atoms with van der Waals surface area (Å²) in [7, 11) is 1.68. The van der Waals surface area contributed by atoms with Gasteiger partial charge in [0.2, 0.25) is 5.13 Å². The number of hydrogen-bond donors (Lipinski definition) is 0. The molecule has 1 aliphatic rings. The lowest BCUT2D eigenvalue weighted by molar-refractivity contribution is 0.415. The number of aromatic nitrogens is 1. The Balaban J connectivity index is 1.72. The fourth-order valence-corrected chi connectivity index (χ4v) is 4.03. The van der Waals surface area contributed by atoms with Gasteiger partial charge in [0, 0.05) is 11.8 Å². The van der Waals surface area contributed by atoms with E-state index in [0.717, 1.165) is 34.3 Å². The predicted molar refractivity (Wildman–Crippen MR) is 107 cm³/mol. The third-order valence-electron chi connectivity index (χ3n) is 4.56. The van der Waals surface area contributed by atoms with Crippen LogP contribution in [-0.2, 0) is 0 Å². The van der Waals surface area contributed by atoms with Gasteiger partial charge < -0.3 is 4.74 Å². The molecule has 3 aromatic rings. The zero-order valence-corrected chi connectivity index (χ0v) is 16.0. The number of hydrazone groups is 1. The van der Waals surface area contributed by atoms with Crippen molar-refractivity contribution in [2.75, 3.05) is 12.1 Å². The molecule has 4 rings (SSSR count). The van der Waals surface area contributed by atoms with Crippen LogP contribution in [0.15, 0.2) is 59.0 Å². The normalized spacial score (nSPS) is 16.7. The van der Waals surface area contributed by atoms with E-state index in [-0.39, 0.29) is 6.04 Å². The van der Waals surface area contributed by atoms with Crippen LogP contribution in [0.25, 0.3) is 0 Å². The van der Waals surface area contributed by atoms with Crippen molar-refractivity contribution in [1.82, 2.24) is 4.98 Å². The van der Waals surface area contributed by atoms with Crippen molar-refractivity contribution < 1.29 is 4.74 Å². The Morgan fingerprint density at radius 3 is 2.58 bits per heavy atom. The molecule has 26 heavy (non-hydrogen) atoms. The lowest BCUT2D eigenvalue weighted by atomic mass is 9.97. The van der Waals surface area contributed by atoms with Crippen molar-refractivity contribution in [1.29, 1.82) is 0 Å². The van der Waals surface area contributed by atoms with Crippen LogP contribution in [0.3, 0.4) is 0 Å². The van der Waals surface area contributed by atoms with E-state index in [1.807, 2.05) is 19.1 Å². The molecular formula is C21H21N3OS. The number of rotatable bonds is 4. The van der Waals surface area contributed by atoms with Crippen LogP contribution in [0, 0.1) is 13.8 Å². The average Bonchev–Trinajstić information content (AvgIpc) is 3.28. The number of benzene rings is 2.